The van der Waals surface area contributed by atoms with Crippen molar-refractivity contribution in [1.82, 2.24) is 0 Å². The molecule has 3 N–H and O–H groups in total. The summed E-state index contributed by atoms with van der Waals surface area (Å²) in [6.07, 6.45) is 0. The molecule has 3 rings (SSSR count). The van der Waals surface area contributed by atoms with Crippen molar-refractivity contribution in [2.45, 2.75) is 4.75 Å². The molecule has 0 saturated heterocycles. The number of phenols is 2. The molecule has 0 aliphatic rings. The van der Waals surface area contributed by atoms with Crippen LogP contribution in [0, 0.1) is 0 Å². The zero-order valence-corrected chi connectivity index (χ0v) is 18.1. The lowest BCUT2D eigenvalue weighted by atomic mass is 9.83. The first-order valence-electron chi connectivity index (χ1n) is 7.89. The predicted molar refractivity (Wildman–Crippen MR) is 114 cm³/mol. The van der Waals surface area contributed by atoms with Gasteiger partial charge in [0, 0.05) is 21.2 Å². The Morgan fingerprint density at radius 1 is 0.724 bits per heavy atom. The quantitative estimate of drug-likeness (QED) is 0.239. The third-order valence-corrected chi connectivity index (χ3v) is 7.11. The van der Waals surface area contributed by atoms with E-state index in [4.69, 9.17) is 46.4 Å². The van der Waals surface area contributed by atoms with Crippen molar-refractivity contribution in [3.8, 4) is 11.5 Å². The second-order valence-corrected chi connectivity index (χ2v) is 9.33. The second-order valence-electron chi connectivity index (χ2n) is 6.11. The molecular weight excluding hydrogens is 482 g/mol. The highest BCUT2D eigenvalue weighted by atomic mass is 35.5. The van der Waals surface area contributed by atoms with Crippen molar-refractivity contribution in [2.75, 3.05) is 0 Å². The minimum atomic E-state index is -5.06. The maximum Gasteiger partial charge on any atom is 0.283 e. The zero-order valence-electron chi connectivity index (χ0n) is 14.3. The van der Waals surface area contributed by atoms with Crippen LogP contribution in [0.15, 0.2) is 54.6 Å². The topological polar surface area (TPSA) is 94.8 Å². The van der Waals surface area contributed by atoms with Crippen LogP contribution >= 0.6 is 46.4 Å². The Bertz CT molecular complexity index is 1200. The maximum atomic E-state index is 12.9. The summed E-state index contributed by atoms with van der Waals surface area (Å²) in [4.78, 5) is 0. The molecule has 1 atom stereocenters. The molecule has 0 aliphatic heterocycles. The molecule has 0 heterocycles. The Hall–Kier alpha value is -1.67. The van der Waals surface area contributed by atoms with Crippen LogP contribution in [-0.2, 0) is 14.9 Å². The molecule has 0 radical (unpaired) electrons. The Kier molecular flexibility index (Phi) is 5.98. The van der Waals surface area contributed by atoms with E-state index in [-0.39, 0.29) is 42.5 Å². The highest BCUT2D eigenvalue weighted by molar-refractivity contribution is 7.87. The van der Waals surface area contributed by atoms with E-state index in [1.54, 1.807) is 0 Å². The Labute approximate surface area is 186 Å². The molecule has 152 valence electrons. The van der Waals surface area contributed by atoms with E-state index in [0.717, 1.165) is 6.07 Å². The monoisotopic (exact) mass is 492 g/mol. The predicted octanol–water partition coefficient (Wildman–Crippen LogP) is 5.89. The largest absolute Gasteiger partial charge is 0.508 e. The molecule has 5 nitrogen and oxygen atoms in total. The lowest BCUT2D eigenvalue weighted by Gasteiger charge is -2.34. The van der Waals surface area contributed by atoms with E-state index in [9.17, 15) is 23.2 Å². The molecule has 3 aromatic rings. The molecule has 29 heavy (non-hydrogen) atoms. The molecule has 10 heteroatoms. The smallest absolute Gasteiger partial charge is 0.283 e. The standard InChI is InChI=1S/C19H12Cl4O5S/c20-11-3-6-13(18(25)7-11)19(29(26,27)28,10-1-4-12(24)5-2-10)14-8-16(22)17(23)9-15(14)21/h1-9,24-25H,(H,26,27,28). The summed E-state index contributed by atoms with van der Waals surface area (Å²) in [7, 11) is -5.06. The number of aromatic hydroxyl groups is 2. The molecule has 1 unspecified atom stereocenters. The first-order chi connectivity index (χ1) is 13.5. The second kappa shape index (κ2) is 7.87. The van der Waals surface area contributed by atoms with Gasteiger partial charge in [0.05, 0.1) is 10.0 Å². The molecule has 0 spiro atoms. The van der Waals surface area contributed by atoms with Gasteiger partial charge in [-0.05, 0) is 42.0 Å². The van der Waals surface area contributed by atoms with E-state index >= 15 is 0 Å². The Morgan fingerprint density at radius 3 is 1.86 bits per heavy atom. The lowest BCUT2D eigenvalue weighted by molar-refractivity contribution is 0.440. The van der Waals surface area contributed by atoms with Crippen molar-refractivity contribution in [1.29, 1.82) is 0 Å². The van der Waals surface area contributed by atoms with Crippen LogP contribution in [0.5, 0.6) is 11.5 Å². The number of rotatable bonds is 4. The highest BCUT2D eigenvalue weighted by Crippen LogP contribution is 2.50. The normalized spacial score (nSPS) is 13.8. The summed E-state index contributed by atoms with van der Waals surface area (Å²) in [6.45, 7) is 0. The first-order valence-corrected chi connectivity index (χ1v) is 10.8. The fraction of sp³-hybridized carbons (Fsp3) is 0.0526. The fourth-order valence-electron chi connectivity index (χ4n) is 3.17. The third-order valence-electron chi connectivity index (χ3n) is 4.39. The van der Waals surface area contributed by atoms with Gasteiger partial charge in [0.25, 0.3) is 10.1 Å². The minimum absolute atomic E-state index is 0.0179. The fourth-order valence-corrected chi connectivity index (χ4v) is 5.42. The van der Waals surface area contributed by atoms with E-state index in [0.29, 0.717) is 0 Å². The van der Waals surface area contributed by atoms with Crippen molar-refractivity contribution in [3.63, 3.8) is 0 Å². The summed E-state index contributed by atoms with van der Waals surface area (Å²) in [5, 5.41) is 20.3. The summed E-state index contributed by atoms with van der Waals surface area (Å²) < 4.78 is 33.9. The lowest BCUT2D eigenvalue weighted by Crippen LogP contribution is -2.38. The van der Waals surface area contributed by atoms with Crippen LogP contribution in [0.25, 0.3) is 0 Å². The molecule has 0 aliphatic carbocycles. The van der Waals surface area contributed by atoms with Gasteiger partial charge in [0.15, 0.2) is 4.75 Å². The third kappa shape index (κ3) is 3.77. The van der Waals surface area contributed by atoms with E-state index in [1.807, 2.05) is 0 Å². The molecule has 0 fully saturated rings. The van der Waals surface area contributed by atoms with Gasteiger partial charge in [0.1, 0.15) is 11.5 Å². The first kappa shape index (κ1) is 22.0. The van der Waals surface area contributed by atoms with Crippen molar-refractivity contribution in [3.05, 3.63) is 91.4 Å². The number of hydrogen-bond donors (Lipinski definition) is 3. The number of hydrogen-bond acceptors (Lipinski definition) is 4. The molecule has 0 saturated carbocycles. The van der Waals surface area contributed by atoms with E-state index < -0.39 is 20.6 Å². The van der Waals surface area contributed by atoms with Gasteiger partial charge >= 0.3 is 0 Å². The van der Waals surface area contributed by atoms with Crippen LogP contribution < -0.4 is 0 Å². The van der Waals surface area contributed by atoms with Gasteiger partial charge < -0.3 is 10.2 Å². The average molecular weight is 494 g/mol. The van der Waals surface area contributed by atoms with E-state index in [1.165, 1.54) is 48.5 Å². The van der Waals surface area contributed by atoms with Gasteiger partial charge in [-0.3, -0.25) is 4.55 Å². The summed E-state index contributed by atoms with van der Waals surface area (Å²) in [6, 6.07) is 11.2. The van der Waals surface area contributed by atoms with Gasteiger partial charge in [-0.1, -0.05) is 64.6 Å². The Balaban J connectivity index is 2.58. The van der Waals surface area contributed by atoms with Crippen LogP contribution in [-0.4, -0.2) is 23.2 Å². The van der Waals surface area contributed by atoms with Crippen LogP contribution in [0.1, 0.15) is 16.7 Å². The molecule has 0 aromatic heterocycles. The van der Waals surface area contributed by atoms with Gasteiger partial charge in [-0.15, -0.1) is 0 Å². The number of halogens is 4. The molecular formula is C19H12Cl4O5S. The van der Waals surface area contributed by atoms with E-state index in [2.05, 4.69) is 0 Å². The van der Waals surface area contributed by atoms with Crippen LogP contribution in [0.3, 0.4) is 0 Å². The number of phenolic OH excluding ortho intramolecular Hbond substituents is 2. The van der Waals surface area contributed by atoms with Crippen LogP contribution in [0.2, 0.25) is 20.1 Å². The van der Waals surface area contributed by atoms with Crippen molar-refractivity contribution < 1.29 is 23.2 Å². The number of benzene rings is 3. The maximum absolute atomic E-state index is 12.9. The van der Waals surface area contributed by atoms with Crippen molar-refractivity contribution in [2.24, 2.45) is 0 Å². The minimum Gasteiger partial charge on any atom is -0.508 e. The average Bonchev–Trinajstić information content (AvgIpc) is 2.61. The van der Waals surface area contributed by atoms with Gasteiger partial charge in [-0.2, -0.15) is 8.42 Å². The molecule has 0 amide bonds. The SMILES string of the molecule is O=S(=O)(O)C(c1ccc(O)cc1)(c1ccc(Cl)cc1O)c1cc(Cl)c(Cl)cc1Cl. The van der Waals surface area contributed by atoms with Gasteiger partial charge in [-0.25, -0.2) is 0 Å². The highest BCUT2D eigenvalue weighted by Gasteiger charge is 2.51. The summed E-state index contributed by atoms with van der Waals surface area (Å²) in [5.41, 5.74) is -0.398. The van der Waals surface area contributed by atoms with Gasteiger partial charge in [0.2, 0.25) is 0 Å². The molecule has 3 aromatic carbocycles. The summed E-state index contributed by atoms with van der Waals surface area (Å²) >= 11 is 24.3. The van der Waals surface area contributed by atoms with Crippen molar-refractivity contribution >= 4 is 56.5 Å². The Morgan fingerprint density at radius 2 is 1.31 bits per heavy atom. The zero-order chi connectivity index (χ0) is 21.6. The summed E-state index contributed by atoms with van der Waals surface area (Å²) in [5.74, 6) is -0.649. The molecule has 0 bridgehead atoms. The van der Waals surface area contributed by atoms with Crippen LogP contribution in [0.4, 0.5) is 0 Å².